The molecule has 2 unspecified atom stereocenters. The molecule has 4 aliphatic rings. The van der Waals surface area contributed by atoms with Crippen molar-refractivity contribution in [3.05, 3.63) is 179 Å². The molecule has 0 radical (unpaired) electrons. The number of nitrogens with zero attached hydrogens (tertiary/aromatic N) is 6. The highest BCUT2D eigenvalue weighted by molar-refractivity contribution is 6.02. The van der Waals surface area contributed by atoms with E-state index in [4.69, 9.17) is 25.1 Å². The molecule has 4 saturated carbocycles. The van der Waals surface area contributed by atoms with Crippen LogP contribution in [0.25, 0.3) is 66.6 Å². The van der Waals surface area contributed by atoms with E-state index >= 15 is 0 Å². The Morgan fingerprint density at radius 1 is 0.476 bits per heavy atom. The minimum absolute atomic E-state index is 0.0217. The molecule has 7 aromatic carbocycles. The second kappa shape index (κ2) is 20.9. The number of fused-ring (bicyclic) bond motifs is 2. The Morgan fingerprint density at radius 3 is 1.35 bits per heavy atom. The SMILES string of the molecule is CC(C)(C)c1ccc(-c2ccc(-c3ccc(C(C)(C)C)cc3)c3nn(CC45CC6CC(C4)C(c4cc(C(C)(C)C)ccc4-c4ccc(-c7ccc(C(C)(C)C)cc7)c7nn(CCCCOC(=O)c8ccccc8)nc47)C(C6)C5)nc23)cc1. The van der Waals surface area contributed by atoms with Crippen LogP contribution in [0.5, 0.6) is 0 Å². The smallest absolute Gasteiger partial charge is 0.338 e. The van der Waals surface area contributed by atoms with Crippen molar-refractivity contribution in [2.45, 2.75) is 169 Å². The molecule has 4 aliphatic carbocycles. The molecule has 9 aromatic rings. The fourth-order valence-electron chi connectivity index (χ4n) is 14.5. The average Bonchev–Trinajstić information content (AvgIpc) is 1.82. The van der Waals surface area contributed by atoms with E-state index in [0.29, 0.717) is 48.8 Å². The van der Waals surface area contributed by atoms with Gasteiger partial charge in [-0.3, -0.25) is 0 Å². The van der Waals surface area contributed by atoms with E-state index in [1.54, 1.807) is 12.1 Å². The molecule has 13 rings (SSSR count). The van der Waals surface area contributed by atoms with Crippen LogP contribution >= 0.6 is 0 Å². The van der Waals surface area contributed by atoms with Crippen molar-refractivity contribution in [2.75, 3.05) is 6.61 Å². The summed E-state index contributed by atoms with van der Waals surface area (Å²) in [6, 6.07) is 53.0. The predicted molar refractivity (Wildman–Crippen MR) is 336 cm³/mol. The number of hydrogen-bond donors (Lipinski definition) is 0. The second-order valence-electron chi connectivity index (χ2n) is 29.0. The van der Waals surface area contributed by atoms with Crippen LogP contribution in [0.1, 0.15) is 172 Å². The number of rotatable bonds is 13. The Balaban J connectivity index is 0.887. The molecule has 0 aliphatic heterocycles. The van der Waals surface area contributed by atoms with Gasteiger partial charge < -0.3 is 4.74 Å². The molecule has 0 spiro atoms. The third kappa shape index (κ3) is 10.9. The van der Waals surface area contributed by atoms with Gasteiger partial charge in [0.15, 0.2) is 0 Å². The van der Waals surface area contributed by atoms with Gasteiger partial charge in [-0.25, -0.2) is 4.79 Å². The van der Waals surface area contributed by atoms with Crippen LogP contribution in [0.15, 0.2) is 146 Å². The van der Waals surface area contributed by atoms with Crippen LogP contribution in [-0.2, 0) is 39.5 Å². The summed E-state index contributed by atoms with van der Waals surface area (Å²) in [5, 5.41) is 21.8. The van der Waals surface area contributed by atoms with Crippen molar-refractivity contribution in [3.63, 3.8) is 0 Å². The Kier molecular flexibility index (Phi) is 14.1. The van der Waals surface area contributed by atoms with E-state index in [0.717, 1.165) is 62.8 Å². The molecule has 4 bridgehead atoms. The van der Waals surface area contributed by atoms with Gasteiger partial charge in [-0.1, -0.05) is 217 Å². The maximum atomic E-state index is 12.7. The first-order valence-corrected chi connectivity index (χ1v) is 30.4. The topological polar surface area (TPSA) is 87.7 Å². The number of unbranched alkanes of at least 4 members (excludes halogenated alkanes) is 1. The minimum atomic E-state index is -0.290. The van der Waals surface area contributed by atoms with Gasteiger partial charge in [-0.05, 0) is 158 Å². The maximum absolute atomic E-state index is 12.7. The third-order valence-corrected chi connectivity index (χ3v) is 18.8. The lowest BCUT2D eigenvalue weighted by molar-refractivity contribution is -0.0808. The number of aryl methyl sites for hydroxylation is 1. The van der Waals surface area contributed by atoms with E-state index in [1.807, 2.05) is 23.0 Å². The summed E-state index contributed by atoms with van der Waals surface area (Å²) in [5.74, 6) is 1.91. The number of benzene rings is 7. The zero-order valence-electron chi connectivity index (χ0n) is 50.7. The standard InChI is InChI=1S/C74H84N6O2/c1-70(2,3)54-26-20-48(21-27-54)58-34-35-59(49-22-28-55(29-23-49)71(4,5)6)66-65(58)77-80(78-66)46-74-43-47-40-52(44-74)64(53(41-47)45-74)63-42-57(73(10,11)12)32-33-61(63)62-37-36-60(50-24-30-56(31-25-50)72(7,8)9)67-68(62)76-79(75-67)38-16-17-39-82-69(81)51-18-14-13-15-19-51/h13-15,18-37,42,47,52-53,64H,16-17,38-41,43-46H2,1-12H3. The maximum Gasteiger partial charge on any atom is 0.338 e. The zero-order chi connectivity index (χ0) is 57.5. The van der Waals surface area contributed by atoms with Crippen LogP contribution < -0.4 is 0 Å². The van der Waals surface area contributed by atoms with Gasteiger partial charge in [0.2, 0.25) is 0 Å². The van der Waals surface area contributed by atoms with Crippen molar-refractivity contribution >= 4 is 28.0 Å². The van der Waals surface area contributed by atoms with Gasteiger partial charge in [-0.2, -0.15) is 30.0 Å². The highest BCUT2D eigenvalue weighted by Crippen LogP contribution is 2.66. The van der Waals surface area contributed by atoms with Crippen LogP contribution in [0.3, 0.4) is 0 Å². The van der Waals surface area contributed by atoms with Gasteiger partial charge in [0.1, 0.15) is 22.1 Å². The highest BCUT2D eigenvalue weighted by atomic mass is 16.5. The molecule has 2 heterocycles. The molecular formula is C74H84N6O2. The number of aromatic nitrogens is 6. The normalized spacial score (nSPS) is 20.0. The fraction of sp³-hybridized carbons (Fsp3) is 0.419. The number of hydrogen-bond acceptors (Lipinski definition) is 6. The molecule has 0 N–H and O–H groups in total. The number of esters is 1. The molecule has 0 amide bonds. The van der Waals surface area contributed by atoms with Crippen molar-refractivity contribution in [1.29, 1.82) is 0 Å². The van der Waals surface area contributed by atoms with Crippen LogP contribution in [-0.4, -0.2) is 42.6 Å². The molecule has 8 heteroatoms. The monoisotopic (exact) mass is 1090 g/mol. The minimum Gasteiger partial charge on any atom is -0.462 e. The van der Waals surface area contributed by atoms with Crippen molar-refractivity contribution in [3.8, 4) is 44.5 Å². The van der Waals surface area contributed by atoms with Gasteiger partial charge in [0.05, 0.1) is 25.3 Å². The molecule has 2 atom stereocenters. The summed E-state index contributed by atoms with van der Waals surface area (Å²) >= 11 is 0. The third-order valence-electron chi connectivity index (χ3n) is 18.8. The van der Waals surface area contributed by atoms with E-state index in [2.05, 4.69) is 203 Å². The Morgan fingerprint density at radius 2 is 0.890 bits per heavy atom. The lowest BCUT2D eigenvalue weighted by Gasteiger charge is -2.60. The zero-order valence-corrected chi connectivity index (χ0v) is 50.7. The molecule has 8 nitrogen and oxygen atoms in total. The molecule has 4 fully saturated rings. The fourth-order valence-corrected chi connectivity index (χ4v) is 14.5. The molecular weight excluding hydrogens is 1000 g/mol. The van der Waals surface area contributed by atoms with Crippen molar-refractivity contribution < 1.29 is 9.53 Å². The summed E-state index contributed by atoms with van der Waals surface area (Å²) in [7, 11) is 0. The summed E-state index contributed by atoms with van der Waals surface area (Å²) in [4.78, 5) is 16.7. The van der Waals surface area contributed by atoms with Crippen LogP contribution in [0.4, 0.5) is 0 Å². The first-order chi connectivity index (χ1) is 39.0. The lowest BCUT2D eigenvalue weighted by Crippen LogP contribution is -2.51. The number of carbonyl (C=O) groups excluding carboxylic acids is 1. The summed E-state index contributed by atoms with van der Waals surface area (Å²) < 4.78 is 5.67. The number of carbonyl (C=O) groups is 1. The lowest BCUT2D eigenvalue weighted by atomic mass is 9.45. The number of ether oxygens (including phenoxy) is 1. The highest BCUT2D eigenvalue weighted by Gasteiger charge is 2.56. The first kappa shape index (κ1) is 55.3. The first-order valence-electron chi connectivity index (χ1n) is 30.4. The predicted octanol–water partition coefficient (Wildman–Crippen LogP) is 18.3. The summed E-state index contributed by atoms with van der Waals surface area (Å²) in [6.07, 6.45) is 7.57. The Labute approximate surface area is 487 Å². The summed E-state index contributed by atoms with van der Waals surface area (Å²) in [6.45, 7) is 29.3. The molecule has 2 aromatic heterocycles. The van der Waals surface area contributed by atoms with Crippen molar-refractivity contribution in [1.82, 2.24) is 30.0 Å². The molecule has 0 saturated heterocycles. The average molecular weight is 1090 g/mol. The van der Waals surface area contributed by atoms with Crippen molar-refractivity contribution in [2.24, 2.45) is 23.2 Å². The van der Waals surface area contributed by atoms with Gasteiger partial charge >= 0.3 is 5.97 Å². The Bertz CT molecular complexity index is 3690. The largest absolute Gasteiger partial charge is 0.462 e. The molecule has 422 valence electrons. The van der Waals surface area contributed by atoms with Gasteiger partial charge in [0, 0.05) is 22.3 Å². The van der Waals surface area contributed by atoms with E-state index in [-0.39, 0.29) is 33.0 Å². The summed E-state index contributed by atoms with van der Waals surface area (Å²) in [5.41, 5.74) is 20.7. The van der Waals surface area contributed by atoms with E-state index in [1.165, 1.54) is 76.6 Å². The van der Waals surface area contributed by atoms with E-state index in [9.17, 15) is 4.79 Å². The van der Waals surface area contributed by atoms with E-state index < -0.39 is 0 Å². The molecule has 82 heavy (non-hydrogen) atoms. The van der Waals surface area contributed by atoms with Gasteiger partial charge in [-0.15, -0.1) is 0 Å². The van der Waals surface area contributed by atoms with Gasteiger partial charge in [0.25, 0.3) is 0 Å². The van der Waals surface area contributed by atoms with Crippen LogP contribution in [0, 0.1) is 23.2 Å². The second-order valence-corrected chi connectivity index (χ2v) is 29.0. The quantitative estimate of drug-likeness (QED) is 0.0844. The van der Waals surface area contributed by atoms with Crippen LogP contribution in [0.2, 0.25) is 0 Å². The Hall–Kier alpha value is -7.19.